The van der Waals surface area contributed by atoms with E-state index < -0.39 is 0 Å². The summed E-state index contributed by atoms with van der Waals surface area (Å²) in [5, 5.41) is 3.75. The highest BCUT2D eigenvalue weighted by molar-refractivity contribution is 6.06. The van der Waals surface area contributed by atoms with Crippen LogP contribution in [0.25, 0.3) is 10.9 Å². The van der Waals surface area contributed by atoms with Gasteiger partial charge in [0.15, 0.2) is 0 Å². The molecule has 2 aromatic rings. The Morgan fingerprint density at radius 3 is 2.85 bits per heavy atom. The lowest BCUT2D eigenvalue weighted by Crippen LogP contribution is -2.38. The molecule has 0 fully saturated rings. The molecule has 106 valence electrons. The van der Waals surface area contributed by atoms with E-state index in [0.717, 1.165) is 17.3 Å². The fourth-order valence-corrected chi connectivity index (χ4v) is 2.08. The van der Waals surface area contributed by atoms with E-state index in [4.69, 9.17) is 0 Å². The molecule has 0 radical (unpaired) electrons. The number of aromatic nitrogens is 1. The number of carbonyl (C=O) groups is 2. The van der Waals surface area contributed by atoms with E-state index in [9.17, 15) is 9.59 Å². The van der Waals surface area contributed by atoms with Crippen LogP contribution in [0.5, 0.6) is 0 Å². The molecular formula is C15H19N3O2. The predicted octanol–water partition coefficient (Wildman–Crippen LogP) is 1.77. The number of likely N-dealkylation sites (N-methyl/N-ethyl adjacent to an activating group) is 1. The summed E-state index contributed by atoms with van der Waals surface area (Å²) in [6, 6.07) is 7.46. The Kier molecular flexibility index (Phi) is 4.40. The number of fused-ring (bicyclic) bond motifs is 1. The second-order valence-corrected chi connectivity index (χ2v) is 4.76. The molecule has 1 aromatic carbocycles. The Bertz CT molecular complexity index is 618. The number of amides is 2. The number of hydrogen-bond acceptors (Lipinski definition) is 2. The predicted molar refractivity (Wildman–Crippen MR) is 78.6 cm³/mol. The van der Waals surface area contributed by atoms with E-state index in [1.165, 1.54) is 4.90 Å². The summed E-state index contributed by atoms with van der Waals surface area (Å²) >= 11 is 0. The lowest BCUT2D eigenvalue weighted by atomic mass is 10.1. The van der Waals surface area contributed by atoms with E-state index in [1.807, 2.05) is 25.1 Å². The molecule has 0 saturated carbocycles. The molecular weight excluding hydrogens is 254 g/mol. The Morgan fingerprint density at radius 2 is 2.10 bits per heavy atom. The topological polar surface area (TPSA) is 65.2 Å². The van der Waals surface area contributed by atoms with Gasteiger partial charge in [0.1, 0.15) is 0 Å². The SMILES string of the molecule is CCCNC(=O)CN(C)C(=O)c1cccc2cc[nH]c12. The first kappa shape index (κ1) is 14.1. The van der Waals surface area contributed by atoms with Crippen molar-refractivity contribution in [3.8, 4) is 0 Å². The van der Waals surface area contributed by atoms with Crippen molar-refractivity contribution in [2.75, 3.05) is 20.1 Å². The van der Waals surface area contributed by atoms with Gasteiger partial charge >= 0.3 is 0 Å². The minimum Gasteiger partial charge on any atom is -0.361 e. The van der Waals surface area contributed by atoms with Crippen molar-refractivity contribution in [3.05, 3.63) is 36.0 Å². The lowest BCUT2D eigenvalue weighted by Gasteiger charge is -2.17. The molecule has 1 aromatic heterocycles. The smallest absolute Gasteiger partial charge is 0.256 e. The molecule has 2 N–H and O–H groups in total. The molecule has 5 heteroatoms. The Labute approximate surface area is 118 Å². The number of hydrogen-bond donors (Lipinski definition) is 2. The van der Waals surface area contributed by atoms with Crippen LogP contribution in [0.3, 0.4) is 0 Å². The van der Waals surface area contributed by atoms with E-state index in [2.05, 4.69) is 10.3 Å². The average molecular weight is 273 g/mol. The third-order valence-corrected chi connectivity index (χ3v) is 3.12. The first-order chi connectivity index (χ1) is 9.63. The van der Waals surface area contributed by atoms with Crippen LogP contribution in [0.15, 0.2) is 30.5 Å². The largest absolute Gasteiger partial charge is 0.361 e. The maximum absolute atomic E-state index is 12.4. The van der Waals surface area contributed by atoms with E-state index >= 15 is 0 Å². The molecule has 0 saturated heterocycles. The van der Waals surface area contributed by atoms with Gasteiger partial charge in [-0.2, -0.15) is 0 Å². The van der Waals surface area contributed by atoms with Crippen LogP contribution < -0.4 is 5.32 Å². The summed E-state index contributed by atoms with van der Waals surface area (Å²) in [4.78, 5) is 28.5. The minimum absolute atomic E-state index is 0.0654. The fraction of sp³-hybridized carbons (Fsp3) is 0.333. The van der Waals surface area contributed by atoms with Gasteiger partial charge in [-0.15, -0.1) is 0 Å². The Morgan fingerprint density at radius 1 is 1.30 bits per heavy atom. The molecule has 0 aliphatic carbocycles. The molecule has 0 atom stereocenters. The van der Waals surface area contributed by atoms with E-state index in [0.29, 0.717) is 12.1 Å². The number of nitrogens with zero attached hydrogens (tertiary/aromatic N) is 1. The maximum Gasteiger partial charge on any atom is 0.256 e. The molecule has 1 heterocycles. The Hall–Kier alpha value is -2.30. The van der Waals surface area contributed by atoms with Crippen LogP contribution in [0.1, 0.15) is 23.7 Å². The van der Waals surface area contributed by atoms with Gasteiger partial charge in [0.25, 0.3) is 5.91 Å². The number of aromatic amines is 1. The molecule has 0 spiro atoms. The van der Waals surface area contributed by atoms with Crippen molar-refractivity contribution < 1.29 is 9.59 Å². The zero-order chi connectivity index (χ0) is 14.5. The molecule has 0 aliphatic rings. The van der Waals surface area contributed by atoms with Crippen molar-refractivity contribution in [1.82, 2.24) is 15.2 Å². The number of nitrogens with one attached hydrogen (secondary N) is 2. The van der Waals surface area contributed by atoms with E-state index in [1.54, 1.807) is 19.3 Å². The molecule has 2 amide bonds. The van der Waals surface area contributed by atoms with Crippen molar-refractivity contribution in [1.29, 1.82) is 0 Å². The number of benzene rings is 1. The zero-order valence-corrected chi connectivity index (χ0v) is 11.8. The molecule has 2 rings (SSSR count). The zero-order valence-electron chi connectivity index (χ0n) is 11.8. The number of H-pyrrole nitrogens is 1. The number of para-hydroxylation sites is 1. The van der Waals surface area contributed by atoms with Gasteiger partial charge in [-0.3, -0.25) is 9.59 Å². The summed E-state index contributed by atoms with van der Waals surface area (Å²) in [6.45, 7) is 2.68. The summed E-state index contributed by atoms with van der Waals surface area (Å²) in [7, 11) is 1.63. The minimum atomic E-state index is -0.162. The summed E-state index contributed by atoms with van der Waals surface area (Å²) in [5.74, 6) is -0.300. The number of carbonyl (C=O) groups excluding carboxylic acids is 2. The van der Waals surface area contributed by atoms with Gasteiger partial charge < -0.3 is 15.2 Å². The number of rotatable bonds is 5. The van der Waals surface area contributed by atoms with Gasteiger partial charge in [0.05, 0.1) is 17.6 Å². The molecule has 0 bridgehead atoms. The van der Waals surface area contributed by atoms with Crippen LogP contribution >= 0.6 is 0 Å². The maximum atomic E-state index is 12.4. The van der Waals surface area contributed by atoms with Crippen molar-refractivity contribution in [3.63, 3.8) is 0 Å². The van der Waals surface area contributed by atoms with Crippen molar-refractivity contribution >= 4 is 22.7 Å². The quantitative estimate of drug-likeness (QED) is 0.872. The molecule has 0 unspecified atom stereocenters. The molecule has 0 aliphatic heterocycles. The highest BCUT2D eigenvalue weighted by Crippen LogP contribution is 2.18. The van der Waals surface area contributed by atoms with E-state index in [-0.39, 0.29) is 18.4 Å². The first-order valence-electron chi connectivity index (χ1n) is 6.71. The van der Waals surface area contributed by atoms with Gasteiger partial charge in [0, 0.05) is 25.2 Å². The van der Waals surface area contributed by atoms with Crippen LogP contribution in [-0.2, 0) is 4.79 Å². The van der Waals surface area contributed by atoms with Gasteiger partial charge in [-0.05, 0) is 18.6 Å². The highest BCUT2D eigenvalue weighted by Gasteiger charge is 2.17. The van der Waals surface area contributed by atoms with Crippen LogP contribution in [-0.4, -0.2) is 41.8 Å². The molecule has 5 nitrogen and oxygen atoms in total. The van der Waals surface area contributed by atoms with Crippen LogP contribution in [0.4, 0.5) is 0 Å². The third kappa shape index (κ3) is 2.99. The van der Waals surface area contributed by atoms with Crippen LogP contribution in [0, 0.1) is 0 Å². The normalized spacial score (nSPS) is 10.5. The lowest BCUT2D eigenvalue weighted by molar-refractivity contribution is -0.121. The second-order valence-electron chi connectivity index (χ2n) is 4.76. The summed E-state index contributed by atoms with van der Waals surface area (Å²) < 4.78 is 0. The van der Waals surface area contributed by atoms with Gasteiger partial charge in [-0.1, -0.05) is 19.1 Å². The first-order valence-corrected chi connectivity index (χ1v) is 6.71. The highest BCUT2D eigenvalue weighted by atomic mass is 16.2. The Balaban J connectivity index is 2.10. The summed E-state index contributed by atoms with van der Waals surface area (Å²) in [6.07, 6.45) is 2.68. The summed E-state index contributed by atoms with van der Waals surface area (Å²) in [5.41, 5.74) is 1.39. The monoisotopic (exact) mass is 273 g/mol. The van der Waals surface area contributed by atoms with Gasteiger partial charge in [-0.25, -0.2) is 0 Å². The van der Waals surface area contributed by atoms with Crippen LogP contribution in [0.2, 0.25) is 0 Å². The van der Waals surface area contributed by atoms with Gasteiger partial charge in [0.2, 0.25) is 5.91 Å². The third-order valence-electron chi connectivity index (χ3n) is 3.12. The van der Waals surface area contributed by atoms with Crippen molar-refractivity contribution in [2.45, 2.75) is 13.3 Å². The van der Waals surface area contributed by atoms with Crippen molar-refractivity contribution in [2.24, 2.45) is 0 Å². The average Bonchev–Trinajstić information content (AvgIpc) is 2.92. The standard InChI is InChI=1S/C15H19N3O2/c1-3-8-16-13(19)10-18(2)15(20)12-6-4-5-11-7-9-17-14(11)12/h4-7,9,17H,3,8,10H2,1-2H3,(H,16,19). The second kappa shape index (κ2) is 6.23. The fourth-order valence-electron chi connectivity index (χ4n) is 2.08. The molecule has 20 heavy (non-hydrogen) atoms.